The Balaban J connectivity index is 1.07. The highest BCUT2D eigenvalue weighted by atomic mass is 16.5. The second-order valence-corrected chi connectivity index (χ2v) is 16.5. The number of carbonyl (C=O) groups excluding carboxylic acids is 7. The standard InChI is InChI=1S/C50H56N8O8/c1-30(2)23-40(47(62)52-29-45(61)57-42(49(64)54-31(3)50(65)66-4)25-34-27-51-38-21-13-11-19-35(34)38)56-44(60)28-53-48(63)41(24-32-15-7-5-8-16-32)55-43(59)26-37-36-20-12-14-22-39(36)58-46(37)33-17-9-6-10-18-33/h5-22,27,30-31,40-42,51,58H,23-26,28-29H2,1-4H3,(H,52,62)(H,53,63)(H,54,64)(H,55,59)(H,56,60)(H,57,61)/t31-,40-,41-,42-/m0/s1. The first kappa shape index (κ1) is 47.7. The largest absolute Gasteiger partial charge is 0.467 e. The highest BCUT2D eigenvalue weighted by molar-refractivity contribution is 5.98. The average Bonchev–Trinajstić information content (AvgIpc) is 3.90. The van der Waals surface area contributed by atoms with Gasteiger partial charge in [0.15, 0.2) is 0 Å². The molecule has 4 atom stereocenters. The summed E-state index contributed by atoms with van der Waals surface area (Å²) in [6, 6.07) is 29.8. The number of amides is 6. The number of rotatable bonds is 21. The van der Waals surface area contributed by atoms with E-state index in [-0.39, 0.29) is 31.6 Å². The Labute approximate surface area is 382 Å². The molecule has 0 aliphatic heterocycles. The Bertz CT molecular complexity index is 2660. The molecule has 0 fully saturated rings. The normalized spacial score (nSPS) is 12.9. The highest BCUT2D eigenvalue weighted by Crippen LogP contribution is 2.31. The molecule has 6 amide bonds. The number of carbonyl (C=O) groups is 7. The summed E-state index contributed by atoms with van der Waals surface area (Å²) in [7, 11) is 1.20. The maximum Gasteiger partial charge on any atom is 0.328 e. The zero-order valence-corrected chi connectivity index (χ0v) is 37.4. The van der Waals surface area contributed by atoms with Crippen LogP contribution in [0.25, 0.3) is 33.1 Å². The molecule has 2 aromatic heterocycles. The third-order valence-corrected chi connectivity index (χ3v) is 11.0. The number of nitrogens with one attached hydrogen (secondary N) is 8. The lowest BCUT2D eigenvalue weighted by atomic mass is 10.0. The average molecular weight is 897 g/mol. The molecule has 0 unspecified atom stereocenters. The Hall–Kier alpha value is -7.75. The molecular weight excluding hydrogens is 841 g/mol. The molecule has 0 bridgehead atoms. The van der Waals surface area contributed by atoms with Crippen LogP contribution in [-0.4, -0.2) is 95.7 Å². The van der Waals surface area contributed by atoms with Gasteiger partial charge in [0.1, 0.15) is 24.2 Å². The summed E-state index contributed by atoms with van der Waals surface area (Å²) in [4.78, 5) is 99.8. The molecular formula is C50H56N8O8. The van der Waals surface area contributed by atoms with Gasteiger partial charge in [0.25, 0.3) is 0 Å². The van der Waals surface area contributed by atoms with Gasteiger partial charge in [0.05, 0.1) is 32.3 Å². The first-order chi connectivity index (χ1) is 31.8. The topological polar surface area (TPSA) is 232 Å². The van der Waals surface area contributed by atoms with Crippen molar-refractivity contribution in [3.8, 4) is 11.3 Å². The van der Waals surface area contributed by atoms with E-state index in [1.807, 2.05) is 123 Å². The fraction of sp³-hybridized carbons (Fsp3) is 0.300. The minimum Gasteiger partial charge on any atom is -0.467 e. The number of esters is 1. The van der Waals surface area contributed by atoms with Gasteiger partial charge in [-0.3, -0.25) is 28.8 Å². The summed E-state index contributed by atoms with van der Waals surface area (Å²) in [6.07, 6.45) is 2.13. The summed E-state index contributed by atoms with van der Waals surface area (Å²) < 4.78 is 4.73. The third kappa shape index (κ3) is 12.9. The molecule has 344 valence electrons. The van der Waals surface area contributed by atoms with Crippen LogP contribution in [0.5, 0.6) is 0 Å². The fourth-order valence-corrected chi connectivity index (χ4v) is 7.75. The lowest BCUT2D eigenvalue weighted by molar-refractivity contribution is -0.144. The second kappa shape index (κ2) is 22.7. The van der Waals surface area contributed by atoms with Crippen molar-refractivity contribution in [3.63, 3.8) is 0 Å². The predicted octanol–water partition coefficient (Wildman–Crippen LogP) is 3.75. The second-order valence-electron chi connectivity index (χ2n) is 16.5. The van der Waals surface area contributed by atoms with E-state index >= 15 is 0 Å². The van der Waals surface area contributed by atoms with Gasteiger partial charge >= 0.3 is 5.97 Å². The predicted molar refractivity (Wildman–Crippen MR) is 250 cm³/mol. The van der Waals surface area contributed by atoms with Gasteiger partial charge in [-0.05, 0) is 53.6 Å². The van der Waals surface area contributed by atoms with Crippen molar-refractivity contribution >= 4 is 63.2 Å². The van der Waals surface area contributed by atoms with Crippen molar-refractivity contribution in [2.24, 2.45) is 5.92 Å². The molecule has 2 heterocycles. The fourth-order valence-electron chi connectivity index (χ4n) is 7.75. The lowest BCUT2D eigenvalue weighted by Gasteiger charge is -2.22. The molecule has 0 radical (unpaired) electrons. The van der Waals surface area contributed by atoms with Gasteiger partial charge in [-0.1, -0.05) is 111 Å². The Kier molecular flexibility index (Phi) is 16.4. The van der Waals surface area contributed by atoms with Gasteiger partial charge in [-0.2, -0.15) is 0 Å². The van der Waals surface area contributed by atoms with Gasteiger partial charge < -0.3 is 46.6 Å². The minimum atomic E-state index is -1.13. The first-order valence-electron chi connectivity index (χ1n) is 21.8. The number of hydrogen-bond donors (Lipinski definition) is 8. The van der Waals surface area contributed by atoms with Crippen molar-refractivity contribution in [2.75, 3.05) is 20.2 Å². The molecule has 66 heavy (non-hydrogen) atoms. The lowest BCUT2D eigenvalue weighted by Crippen LogP contribution is -2.55. The molecule has 0 saturated heterocycles. The monoisotopic (exact) mass is 896 g/mol. The summed E-state index contributed by atoms with van der Waals surface area (Å²) in [5, 5.41) is 17.7. The van der Waals surface area contributed by atoms with E-state index in [1.54, 1.807) is 6.20 Å². The molecule has 0 saturated carbocycles. The molecule has 6 rings (SSSR count). The maximum absolute atomic E-state index is 13.8. The summed E-state index contributed by atoms with van der Waals surface area (Å²) in [5.74, 6) is -4.37. The molecule has 8 N–H and O–H groups in total. The van der Waals surface area contributed by atoms with E-state index in [4.69, 9.17) is 4.74 Å². The molecule has 4 aromatic carbocycles. The number of fused-ring (bicyclic) bond motifs is 2. The van der Waals surface area contributed by atoms with E-state index in [1.165, 1.54) is 14.0 Å². The Morgan fingerprint density at radius 1 is 0.576 bits per heavy atom. The van der Waals surface area contributed by atoms with Crippen LogP contribution in [0.1, 0.15) is 43.9 Å². The third-order valence-electron chi connectivity index (χ3n) is 11.0. The van der Waals surface area contributed by atoms with Crippen LogP contribution in [0, 0.1) is 5.92 Å². The Morgan fingerprint density at radius 2 is 1.12 bits per heavy atom. The number of H-pyrrole nitrogens is 2. The Morgan fingerprint density at radius 3 is 1.77 bits per heavy atom. The highest BCUT2D eigenvalue weighted by Gasteiger charge is 2.29. The number of methoxy groups -OCH3 is 1. The number of ether oxygens (including phenoxy) is 1. The number of para-hydroxylation sites is 2. The van der Waals surface area contributed by atoms with Crippen LogP contribution < -0.4 is 31.9 Å². The summed E-state index contributed by atoms with van der Waals surface area (Å²) in [5.41, 5.74) is 5.72. The van der Waals surface area contributed by atoms with Crippen LogP contribution in [0.2, 0.25) is 0 Å². The molecule has 0 aliphatic rings. The van der Waals surface area contributed by atoms with Crippen molar-refractivity contribution < 1.29 is 38.3 Å². The van der Waals surface area contributed by atoms with Crippen molar-refractivity contribution in [3.05, 3.63) is 132 Å². The van der Waals surface area contributed by atoms with Crippen molar-refractivity contribution in [2.45, 2.75) is 70.6 Å². The molecule has 0 spiro atoms. The van der Waals surface area contributed by atoms with E-state index in [0.717, 1.165) is 49.8 Å². The molecule has 16 heteroatoms. The zero-order chi connectivity index (χ0) is 47.2. The van der Waals surface area contributed by atoms with Gasteiger partial charge in [-0.15, -0.1) is 0 Å². The molecule has 16 nitrogen and oxygen atoms in total. The van der Waals surface area contributed by atoms with Crippen LogP contribution in [0.4, 0.5) is 0 Å². The van der Waals surface area contributed by atoms with Crippen LogP contribution in [0.15, 0.2) is 115 Å². The van der Waals surface area contributed by atoms with Gasteiger partial charge in [-0.25, -0.2) is 4.79 Å². The summed E-state index contributed by atoms with van der Waals surface area (Å²) in [6.45, 7) is 4.15. The van der Waals surface area contributed by atoms with Gasteiger partial charge in [0, 0.05) is 40.8 Å². The quantitative estimate of drug-likeness (QED) is 0.0495. The zero-order valence-electron chi connectivity index (χ0n) is 37.4. The van der Waals surface area contributed by atoms with Crippen LogP contribution in [0.3, 0.4) is 0 Å². The van der Waals surface area contributed by atoms with E-state index in [2.05, 4.69) is 41.9 Å². The van der Waals surface area contributed by atoms with E-state index < -0.39 is 78.7 Å². The maximum atomic E-state index is 13.8. The summed E-state index contributed by atoms with van der Waals surface area (Å²) >= 11 is 0. The number of aromatic amines is 2. The minimum absolute atomic E-state index is 0.0239. The van der Waals surface area contributed by atoms with Gasteiger partial charge in [0.2, 0.25) is 35.4 Å². The van der Waals surface area contributed by atoms with Crippen LogP contribution >= 0.6 is 0 Å². The van der Waals surface area contributed by atoms with E-state index in [9.17, 15) is 33.6 Å². The van der Waals surface area contributed by atoms with E-state index in [0.29, 0.717) is 0 Å². The smallest absolute Gasteiger partial charge is 0.328 e. The van der Waals surface area contributed by atoms with Crippen LogP contribution in [-0.2, 0) is 57.6 Å². The molecule has 0 aliphatic carbocycles. The van der Waals surface area contributed by atoms with Crippen molar-refractivity contribution in [1.29, 1.82) is 0 Å². The number of hydrogen-bond acceptors (Lipinski definition) is 8. The number of benzene rings is 4. The first-order valence-corrected chi connectivity index (χ1v) is 21.8. The SMILES string of the molecule is COC(=O)[C@H](C)NC(=O)[C@H](Cc1c[nH]c2ccccc12)NC(=O)CNC(=O)[C@H](CC(C)C)NC(=O)CNC(=O)[C@H](Cc1ccccc1)NC(=O)Cc1c(-c2ccccc2)[nH]c2ccccc12. The molecule has 6 aromatic rings. The number of aromatic nitrogens is 2. The van der Waals surface area contributed by atoms with Crippen molar-refractivity contribution in [1.82, 2.24) is 41.9 Å².